The number of anilines is 1. The van der Waals surface area contributed by atoms with Crippen molar-refractivity contribution in [2.24, 2.45) is 0 Å². The van der Waals surface area contributed by atoms with Crippen molar-refractivity contribution in [2.75, 3.05) is 24.5 Å². The van der Waals surface area contributed by atoms with E-state index in [-0.39, 0.29) is 5.91 Å². The summed E-state index contributed by atoms with van der Waals surface area (Å²) in [6, 6.07) is 0.412. The number of imidazole rings is 1. The maximum absolute atomic E-state index is 11.9. The minimum atomic E-state index is 0.222. The summed E-state index contributed by atoms with van der Waals surface area (Å²) in [5.41, 5.74) is 2.29. The van der Waals surface area contributed by atoms with E-state index in [9.17, 15) is 4.79 Å². The summed E-state index contributed by atoms with van der Waals surface area (Å²) in [7, 11) is 0. The van der Waals surface area contributed by atoms with Crippen LogP contribution in [0.15, 0.2) is 18.6 Å². The maximum Gasteiger partial charge on any atom is 0.227 e. The number of likely N-dealkylation sites (tertiary alicyclic amines) is 1. The van der Waals surface area contributed by atoms with Gasteiger partial charge < -0.3 is 9.47 Å². The molecule has 2 aromatic rings. The second-order valence-corrected chi connectivity index (χ2v) is 7.45. The summed E-state index contributed by atoms with van der Waals surface area (Å²) < 4.78 is 4.44. The van der Waals surface area contributed by atoms with Crippen molar-refractivity contribution in [3.8, 4) is 0 Å². The number of carbonyl (C=O) groups excluding carboxylic acids is 1. The summed E-state index contributed by atoms with van der Waals surface area (Å²) in [6.45, 7) is 4.94. The number of carbonyl (C=O) groups is 1. The number of hydrogen-bond acceptors (Lipinski definition) is 4. The normalized spacial score (nSPS) is 21.6. The van der Waals surface area contributed by atoms with Gasteiger partial charge in [-0.15, -0.1) is 0 Å². The van der Waals surface area contributed by atoms with Gasteiger partial charge in [0.1, 0.15) is 5.82 Å². The second kappa shape index (κ2) is 5.98. The molecule has 0 unspecified atom stereocenters. The number of amides is 1. The highest BCUT2D eigenvalue weighted by molar-refractivity contribution is 5.95. The molecule has 3 aliphatic rings. The van der Waals surface area contributed by atoms with E-state index in [1.54, 1.807) is 0 Å². The fourth-order valence-electron chi connectivity index (χ4n) is 4.26. The Bertz CT molecular complexity index is 787. The predicted molar refractivity (Wildman–Crippen MR) is 93.3 cm³/mol. The Labute approximate surface area is 147 Å². The Morgan fingerprint density at radius 1 is 1.08 bits per heavy atom. The number of aromatic nitrogens is 4. The van der Waals surface area contributed by atoms with Crippen LogP contribution in [0.5, 0.6) is 0 Å². The van der Waals surface area contributed by atoms with Crippen LogP contribution in [0.3, 0.4) is 0 Å². The second-order valence-electron chi connectivity index (χ2n) is 7.45. The van der Waals surface area contributed by atoms with Crippen molar-refractivity contribution in [3.05, 3.63) is 30.1 Å². The average Bonchev–Trinajstić information content (AvgIpc) is 3.30. The van der Waals surface area contributed by atoms with Crippen LogP contribution in [-0.2, 0) is 24.3 Å². The molecule has 7 nitrogen and oxygen atoms in total. The van der Waals surface area contributed by atoms with Gasteiger partial charge in [0.25, 0.3) is 0 Å². The van der Waals surface area contributed by atoms with E-state index in [1.807, 2.05) is 22.0 Å². The molecule has 0 spiro atoms. The van der Waals surface area contributed by atoms with E-state index in [0.717, 1.165) is 51.3 Å². The smallest absolute Gasteiger partial charge is 0.227 e. The average molecular weight is 340 g/mol. The molecule has 0 saturated carbocycles. The quantitative estimate of drug-likeness (QED) is 0.848. The standard InChI is InChI=1S/C18H24N6O/c25-18-5-3-7-23(18)15-9-20-24(13-15)16-11-21(12-16)10-14-8-19-17-4-1-2-6-22(14)17/h8-9,13,16H,1-7,10-12H2. The lowest BCUT2D eigenvalue weighted by Crippen LogP contribution is -2.47. The minimum Gasteiger partial charge on any atom is -0.331 e. The van der Waals surface area contributed by atoms with Gasteiger partial charge in [-0.1, -0.05) is 0 Å². The molecule has 3 aliphatic heterocycles. The van der Waals surface area contributed by atoms with E-state index in [0.29, 0.717) is 12.5 Å². The van der Waals surface area contributed by atoms with Gasteiger partial charge in [0.05, 0.1) is 23.6 Å². The Hall–Kier alpha value is -2.15. The Morgan fingerprint density at radius 3 is 2.84 bits per heavy atom. The van der Waals surface area contributed by atoms with Gasteiger partial charge in [0, 0.05) is 58.0 Å². The van der Waals surface area contributed by atoms with Gasteiger partial charge in [0.15, 0.2) is 0 Å². The first-order valence-electron chi connectivity index (χ1n) is 9.38. The number of fused-ring (bicyclic) bond motifs is 1. The zero-order valence-corrected chi connectivity index (χ0v) is 14.5. The van der Waals surface area contributed by atoms with Crippen LogP contribution in [0.25, 0.3) is 0 Å². The summed E-state index contributed by atoms with van der Waals surface area (Å²) in [5.74, 6) is 1.48. The van der Waals surface area contributed by atoms with E-state index in [2.05, 4.69) is 25.7 Å². The molecule has 0 aromatic carbocycles. The summed E-state index contributed by atoms with van der Waals surface area (Å²) in [5, 5.41) is 4.50. The molecule has 25 heavy (non-hydrogen) atoms. The fourth-order valence-corrected chi connectivity index (χ4v) is 4.26. The van der Waals surface area contributed by atoms with E-state index < -0.39 is 0 Å². The highest BCUT2D eigenvalue weighted by Crippen LogP contribution is 2.27. The monoisotopic (exact) mass is 340 g/mol. The maximum atomic E-state index is 11.9. The van der Waals surface area contributed by atoms with Gasteiger partial charge >= 0.3 is 0 Å². The van der Waals surface area contributed by atoms with Crippen LogP contribution in [0.4, 0.5) is 5.69 Å². The van der Waals surface area contributed by atoms with Crippen LogP contribution >= 0.6 is 0 Å². The molecule has 5 heterocycles. The minimum absolute atomic E-state index is 0.222. The predicted octanol–water partition coefficient (Wildman–Crippen LogP) is 1.60. The molecule has 132 valence electrons. The summed E-state index contributed by atoms with van der Waals surface area (Å²) >= 11 is 0. The fraction of sp³-hybridized carbons (Fsp3) is 0.611. The third-order valence-corrected chi connectivity index (χ3v) is 5.72. The molecular formula is C18H24N6O. The van der Waals surface area contributed by atoms with Gasteiger partial charge in [-0.2, -0.15) is 5.10 Å². The van der Waals surface area contributed by atoms with Crippen LogP contribution in [0, 0.1) is 0 Å². The van der Waals surface area contributed by atoms with Crippen LogP contribution in [0.2, 0.25) is 0 Å². The molecule has 1 amide bonds. The molecule has 2 fully saturated rings. The lowest BCUT2D eigenvalue weighted by Gasteiger charge is -2.39. The number of rotatable bonds is 4. The lowest BCUT2D eigenvalue weighted by atomic mass is 10.1. The number of aryl methyl sites for hydroxylation is 1. The van der Waals surface area contributed by atoms with Crippen molar-refractivity contribution >= 4 is 11.6 Å². The number of nitrogens with zero attached hydrogens (tertiary/aromatic N) is 6. The molecule has 0 N–H and O–H groups in total. The molecule has 7 heteroatoms. The highest BCUT2D eigenvalue weighted by Gasteiger charge is 2.31. The SMILES string of the molecule is O=C1CCCN1c1cnn(C2CN(Cc3cnc4n3CCCC4)C2)c1. The number of hydrogen-bond donors (Lipinski definition) is 0. The van der Waals surface area contributed by atoms with Gasteiger partial charge in [-0.3, -0.25) is 14.4 Å². The van der Waals surface area contributed by atoms with E-state index in [1.165, 1.54) is 24.4 Å². The van der Waals surface area contributed by atoms with Gasteiger partial charge in [-0.25, -0.2) is 4.98 Å². The Balaban J connectivity index is 1.20. The third kappa shape index (κ3) is 2.66. The zero-order valence-electron chi connectivity index (χ0n) is 14.5. The van der Waals surface area contributed by atoms with Crippen molar-refractivity contribution in [3.63, 3.8) is 0 Å². The van der Waals surface area contributed by atoms with Gasteiger partial charge in [-0.05, 0) is 19.3 Å². The zero-order chi connectivity index (χ0) is 16.8. The van der Waals surface area contributed by atoms with E-state index in [4.69, 9.17) is 0 Å². The molecule has 0 atom stereocenters. The Kier molecular flexibility index (Phi) is 3.62. The molecular weight excluding hydrogens is 316 g/mol. The third-order valence-electron chi connectivity index (χ3n) is 5.72. The molecule has 2 aromatic heterocycles. The van der Waals surface area contributed by atoms with Gasteiger partial charge in [0.2, 0.25) is 5.91 Å². The first-order valence-corrected chi connectivity index (χ1v) is 9.38. The molecule has 0 bridgehead atoms. The topological polar surface area (TPSA) is 59.2 Å². The Morgan fingerprint density at radius 2 is 2.00 bits per heavy atom. The van der Waals surface area contributed by atoms with Crippen molar-refractivity contribution in [2.45, 2.75) is 51.2 Å². The first-order chi connectivity index (χ1) is 12.3. The molecule has 5 rings (SSSR count). The van der Waals surface area contributed by atoms with Crippen LogP contribution in [-0.4, -0.2) is 49.8 Å². The molecule has 0 aliphatic carbocycles. The lowest BCUT2D eigenvalue weighted by molar-refractivity contribution is -0.117. The van der Waals surface area contributed by atoms with E-state index >= 15 is 0 Å². The molecule has 2 saturated heterocycles. The van der Waals surface area contributed by atoms with Crippen LogP contribution < -0.4 is 4.90 Å². The van der Waals surface area contributed by atoms with Crippen molar-refractivity contribution in [1.29, 1.82) is 0 Å². The summed E-state index contributed by atoms with van der Waals surface area (Å²) in [4.78, 5) is 20.7. The highest BCUT2D eigenvalue weighted by atomic mass is 16.2. The van der Waals surface area contributed by atoms with Crippen molar-refractivity contribution < 1.29 is 4.79 Å². The van der Waals surface area contributed by atoms with Crippen molar-refractivity contribution in [1.82, 2.24) is 24.2 Å². The first kappa shape index (κ1) is 15.1. The van der Waals surface area contributed by atoms with Crippen LogP contribution in [0.1, 0.15) is 43.2 Å². The largest absolute Gasteiger partial charge is 0.331 e. The molecule has 0 radical (unpaired) electrons. The summed E-state index contributed by atoms with van der Waals surface area (Å²) in [6.07, 6.45) is 11.2.